The number of nitrogens with one attached hydrogen (secondary N) is 2. The Hall–Kier alpha value is -2.90. The maximum atomic E-state index is 13.5. The summed E-state index contributed by atoms with van der Waals surface area (Å²) in [5.74, 6) is -1.11. The number of amides is 1. The first kappa shape index (κ1) is 21.8. The van der Waals surface area contributed by atoms with Gasteiger partial charge < -0.3 is 15.4 Å². The van der Waals surface area contributed by atoms with Gasteiger partial charge in [0.15, 0.2) is 5.69 Å². The molecule has 0 saturated carbocycles. The zero-order valence-corrected chi connectivity index (χ0v) is 16.3. The van der Waals surface area contributed by atoms with Crippen molar-refractivity contribution in [3.05, 3.63) is 46.2 Å². The molecule has 1 fully saturated rings. The molecule has 158 valence electrons. The minimum atomic E-state index is -4.86. The summed E-state index contributed by atoms with van der Waals surface area (Å²) in [6.45, 7) is 1.38. The van der Waals surface area contributed by atoms with E-state index in [0.717, 1.165) is 19.0 Å². The molecule has 2 aromatic rings. The number of nitrogens with zero attached hydrogens (tertiary/aromatic N) is 3. The van der Waals surface area contributed by atoms with E-state index in [1.165, 1.54) is 18.2 Å². The van der Waals surface area contributed by atoms with E-state index in [0.29, 0.717) is 13.2 Å². The lowest BCUT2D eigenvalue weighted by Crippen LogP contribution is -2.33. The molecule has 1 aliphatic heterocycles. The van der Waals surface area contributed by atoms with Gasteiger partial charge in [-0.2, -0.15) is 18.4 Å². The standard InChI is InChI=1S/C19H17ClF3N5O2/c20-15-2-1-13(7-12(15)8-24)27-18-26-10-14(16(28-18)19(21,22)23)17(29)25-9-11-3-5-30-6-4-11/h1-2,7,10-11H,3-6,9H2,(H,25,29)(H,26,27,28). The van der Waals surface area contributed by atoms with Gasteiger partial charge in [0.25, 0.3) is 5.91 Å². The van der Waals surface area contributed by atoms with Crippen molar-refractivity contribution in [1.29, 1.82) is 5.26 Å². The van der Waals surface area contributed by atoms with Crippen molar-refractivity contribution in [2.75, 3.05) is 25.1 Å². The molecule has 1 aromatic heterocycles. The maximum absolute atomic E-state index is 13.5. The summed E-state index contributed by atoms with van der Waals surface area (Å²) < 4.78 is 45.8. The molecular formula is C19H17ClF3N5O2. The molecule has 0 aliphatic carbocycles. The summed E-state index contributed by atoms with van der Waals surface area (Å²) in [6.07, 6.45) is -2.56. The zero-order chi connectivity index (χ0) is 21.7. The van der Waals surface area contributed by atoms with Crippen molar-refractivity contribution in [3.63, 3.8) is 0 Å². The number of nitriles is 1. The van der Waals surface area contributed by atoms with E-state index in [1.54, 1.807) is 0 Å². The normalized spacial score (nSPS) is 14.8. The largest absolute Gasteiger partial charge is 0.434 e. The predicted molar refractivity (Wildman–Crippen MR) is 102 cm³/mol. The molecule has 1 aromatic carbocycles. The van der Waals surface area contributed by atoms with Crippen LogP contribution in [0.25, 0.3) is 0 Å². The van der Waals surface area contributed by atoms with Crippen LogP contribution in [0.4, 0.5) is 24.8 Å². The lowest BCUT2D eigenvalue weighted by molar-refractivity contribution is -0.141. The monoisotopic (exact) mass is 439 g/mol. The maximum Gasteiger partial charge on any atom is 0.434 e. The quantitative estimate of drug-likeness (QED) is 0.732. The summed E-state index contributed by atoms with van der Waals surface area (Å²) in [5, 5.41) is 14.3. The van der Waals surface area contributed by atoms with E-state index in [1.807, 2.05) is 6.07 Å². The number of hydrogen-bond donors (Lipinski definition) is 2. The van der Waals surface area contributed by atoms with Gasteiger partial charge in [-0.05, 0) is 37.0 Å². The van der Waals surface area contributed by atoms with E-state index in [9.17, 15) is 18.0 Å². The third-order valence-corrected chi connectivity index (χ3v) is 4.87. The minimum absolute atomic E-state index is 0.141. The fraction of sp³-hybridized carbons (Fsp3) is 0.368. The van der Waals surface area contributed by atoms with E-state index in [2.05, 4.69) is 20.6 Å². The Morgan fingerprint density at radius 3 is 2.73 bits per heavy atom. The molecule has 7 nitrogen and oxygen atoms in total. The molecule has 0 radical (unpaired) electrons. The lowest BCUT2D eigenvalue weighted by atomic mass is 10.0. The van der Waals surface area contributed by atoms with E-state index < -0.39 is 23.3 Å². The number of aromatic nitrogens is 2. The molecule has 0 atom stereocenters. The van der Waals surface area contributed by atoms with Gasteiger partial charge in [0, 0.05) is 31.6 Å². The van der Waals surface area contributed by atoms with Crippen LogP contribution in [0.5, 0.6) is 0 Å². The average molecular weight is 440 g/mol. The molecule has 0 spiro atoms. The van der Waals surface area contributed by atoms with Crippen LogP contribution < -0.4 is 10.6 Å². The van der Waals surface area contributed by atoms with Gasteiger partial charge in [0.2, 0.25) is 5.95 Å². The third-order valence-electron chi connectivity index (χ3n) is 4.54. The summed E-state index contributed by atoms with van der Waals surface area (Å²) in [5.41, 5.74) is -1.59. The molecule has 11 heteroatoms. The van der Waals surface area contributed by atoms with E-state index in [-0.39, 0.29) is 34.7 Å². The average Bonchev–Trinajstić information content (AvgIpc) is 2.73. The number of halogens is 4. The van der Waals surface area contributed by atoms with Gasteiger partial charge in [-0.1, -0.05) is 11.6 Å². The minimum Gasteiger partial charge on any atom is -0.381 e. The highest BCUT2D eigenvalue weighted by Crippen LogP contribution is 2.31. The predicted octanol–water partition coefficient (Wildman–Crippen LogP) is 3.92. The van der Waals surface area contributed by atoms with Crippen LogP contribution in [-0.4, -0.2) is 35.6 Å². The number of alkyl halides is 3. The molecule has 2 heterocycles. The summed E-state index contributed by atoms with van der Waals surface area (Å²) >= 11 is 5.84. The van der Waals surface area contributed by atoms with Crippen LogP contribution in [0.1, 0.15) is 34.5 Å². The van der Waals surface area contributed by atoms with Gasteiger partial charge in [0.05, 0.1) is 16.1 Å². The van der Waals surface area contributed by atoms with Gasteiger partial charge in [-0.15, -0.1) is 0 Å². The fourth-order valence-corrected chi connectivity index (χ4v) is 3.08. The second kappa shape index (κ2) is 9.28. The Labute approximate surface area is 175 Å². The Morgan fingerprint density at radius 1 is 1.33 bits per heavy atom. The Morgan fingerprint density at radius 2 is 2.07 bits per heavy atom. The van der Waals surface area contributed by atoms with Crippen molar-refractivity contribution in [2.24, 2.45) is 5.92 Å². The highest BCUT2D eigenvalue weighted by Gasteiger charge is 2.38. The van der Waals surface area contributed by atoms with Gasteiger partial charge in [0.1, 0.15) is 6.07 Å². The molecule has 1 saturated heterocycles. The van der Waals surface area contributed by atoms with E-state index >= 15 is 0 Å². The highest BCUT2D eigenvalue weighted by molar-refractivity contribution is 6.31. The zero-order valence-electron chi connectivity index (χ0n) is 15.6. The van der Waals surface area contributed by atoms with Crippen molar-refractivity contribution < 1.29 is 22.7 Å². The smallest absolute Gasteiger partial charge is 0.381 e. The first-order valence-corrected chi connectivity index (χ1v) is 9.42. The van der Waals surface area contributed by atoms with Crippen LogP contribution in [-0.2, 0) is 10.9 Å². The van der Waals surface area contributed by atoms with Crippen LogP contribution in [0.2, 0.25) is 5.02 Å². The van der Waals surface area contributed by atoms with Crippen LogP contribution in [0.15, 0.2) is 24.4 Å². The molecule has 2 N–H and O–H groups in total. The van der Waals surface area contributed by atoms with Crippen LogP contribution in [0.3, 0.4) is 0 Å². The molecule has 0 bridgehead atoms. The number of rotatable bonds is 5. The van der Waals surface area contributed by atoms with Crippen LogP contribution >= 0.6 is 11.6 Å². The van der Waals surface area contributed by atoms with Gasteiger partial charge >= 0.3 is 6.18 Å². The molecular weight excluding hydrogens is 423 g/mol. The van der Waals surface area contributed by atoms with Crippen molar-refractivity contribution in [3.8, 4) is 6.07 Å². The highest BCUT2D eigenvalue weighted by atomic mass is 35.5. The Bertz CT molecular complexity index is 972. The van der Waals surface area contributed by atoms with Gasteiger partial charge in [-0.25, -0.2) is 9.97 Å². The second-order valence-electron chi connectivity index (χ2n) is 6.65. The number of ether oxygens (including phenoxy) is 1. The van der Waals surface area contributed by atoms with Crippen molar-refractivity contribution in [1.82, 2.24) is 15.3 Å². The van der Waals surface area contributed by atoms with E-state index in [4.69, 9.17) is 21.6 Å². The number of benzene rings is 1. The molecule has 1 aliphatic rings. The first-order valence-electron chi connectivity index (χ1n) is 9.05. The fourth-order valence-electron chi connectivity index (χ4n) is 2.92. The summed E-state index contributed by atoms with van der Waals surface area (Å²) in [4.78, 5) is 19.7. The van der Waals surface area contributed by atoms with Crippen molar-refractivity contribution >= 4 is 29.1 Å². The SMILES string of the molecule is N#Cc1cc(Nc2ncc(C(=O)NCC3CCOCC3)c(C(F)(F)F)n2)ccc1Cl. The lowest BCUT2D eigenvalue weighted by Gasteiger charge is -2.22. The van der Waals surface area contributed by atoms with Gasteiger partial charge in [-0.3, -0.25) is 4.79 Å². The second-order valence-corrected chi connectivity index (χ2v) is 7.06. The topological polar surface area (TPSA) is 99.9 Å². The van der Waals surface area contributed by atoms with Crippen molar-refractivity contribution in [2.45, 2.75) is 19.0 Å². The number of anilines is 2. The molecule has 1 amide bonds. The molecule has 3 rings (SSSR count). The summed E-state index contributed by atoms with van der Waals surface area (Å²) in [7, 11) is 0. The van der Waals surface area contributed by atoms with Crippen LogP contribution in [0, 0.1) is 17.2 Å². The number of carbonyl (C=O) groups excluding carboxylic acids is 1. The molecule has 0 unspecified atom stereocenters. The Kier molecular flexibility index (Phi) is 6.74. The number of hydrogen-bond acceptors (Lipinski definition) is 6. The third kappa shape index (κ3) is 5.37. The number of carbonyl (C=O) groups is 1. The molecule has 30 heavy (non-hydrogen) atoms. The first-order chi connectivity index (χ1) is 14.3. The summed E-state index contributed by atoms with van der Waals surface area (Å²) in [6, 6.07) is 6.11. The Balaban J connectivity index is 1.79.